The quantitative estimate of drug-likeness (QED) is 0.436. The first kappa shape index (κ1) is 22.8. The monoisotopic (exact) mass is 348 g/mol. The van der Waals surface area contributed by atoms with Gasteiger partial charge in [-0.2, -0.15) is 0 Å². The van der Waals surface area contributed by atoms with E-state index in [4.69, 9.17) is 0 Å². The predicted molar refractivity (Wildman–Crippen MR) is 115 cm³/mol. The van der Waals surface area contributed by atoms with Crippen LogP contribution in [0.25, 0.3) is 0 Å². The van der Waals surface area contributed by atoms with E-state index in [0.717, 1.165) is 11.8 Å². The molecule has 0 fully saturated rings. The van der Waals surface area contributed by atoms with Crippen LogP contribution >= 0.6 is 0 Å². The highest BCUT2D eigenvalue weighted by Crippen LogP contribution is 2.31. The van der Waals surface area contributed by atoms with E-state index in [1.807, 2.05) is 0 Å². The van der Waals surface area contributed by atoms with Crippen molar-refractivity contribution >= 4 is 0 Å². The Morgan fingerprint density at radius 2 is 1.28 bits per heavy atom. The lowest BCUT2D eigenvalue weighted by Crippen LogP contribution is -2.11. The Hall–Kier alpha value is -0.260. The van der Waals surface area contributed by atoms with Gasteiger partial charge in [-0.25, -0.2) is 0 Å². The summed E-state index contributed by atoms with van der Waals surface area (Å²) in [6.07, 6.45) is 27.6. The van der Waals surface area contributed by atoms with Crippen molar-refractivity contribution in [2.45, 2.75) is 130 Å². The average molecular weight is 349 g/mol. The molecule has 0 aromatic carbocycles. The van der Waals surface area contributed by atoms with Crippen molar-refractivity contribution in [2.24, 2.45) is 17.3 Å². The van der Waals surface area contributed by atoms with Crippen LogP contribution < -0.4 is 0 Å². The molecule has 0 N–H and O–H groups in total. The highest BCUT2D eigenvalue weighted by atomic mass is 14.2. The van der Waals surface area contributed by atoms with Gasteiger partial charge in [-0.3, -0.25) is 0 Å². The Bertz CT molecular complexity index is 325. The van der Waals surface area contributed by atoms with Crippen LogP contribution in [0, 0.1) is 17.3 Å². The fourth-order valence-electron chi connectivity index (χ4n) is 4.49. The summed E-state index contributed by atoms with van der Waals surface area (Å²) in [7, 11) is 0. The van der Waals surface area contributed by atoms with Crippen LogP contribution in [0.5, 0.6) is 0 Å². The van der Waals surface area contributed by atoms with Gasteiger partial charge in [-0.1, -0.05) is 97.6 Å². The third-order valence-electron chi connectivity index (χ3n) is 6.71. The van der Waals surface area contributed by atoms with Crippen molar-refractivity contribution in [1.82, 2.24) is 0 Å². The molecule has 0 bridgehead atoms. The van der Waals surface area contributed by atoms with Crippen molar-refractivity contribution in [1.29, 1.82) is 0 Å². The van der Waals surface area contributed by atoms with Gasteiger partial charge in [0.1, 0.15) is 0 Å². The van der Waals surface area contributed by atoms with Gasteiger partial charge in [0.2, 0.25) is 0 Å². The molecule has 0 heteroatoms. The Morgan fingerprint density at radius 1 is 0.760 bits per heavy atom. The van der Waals surface area contributed by atoms with E-state index in [1.54, 1.807) is 0 Å². The minimum Gasteiger partial charge on any atom is -0.0885 e. The van der Waals surface area contributed by atoms with Crippen LogP contribution in [-0.4, -0.2) is 0 Å². The average Bonchev–Trinajstić information content (AvgIpc) is 2.59. The summed E-state index contributed by atoms with van der Waals surface area (Å²) in [5, 5.41) is 0. The van der Waals surface area contributed by atoms with Crippen LogP contribution in [0.1, 0.15) is 130 Å². The topological polar surface area (TPSA) is 0 Å². The molecule has 2 unspecified atom stereocenters. The van der Waals surface area contributed by atoms with E-state index >= 15 is 0 Å². The van der Waals surface area contributed by atoms with E-state index < -0.39 is 0 Å². The summed E-state index contributed by atoms with van der Waals surface area (Å²) in [6.45, 7) is 9.83. The third kappa shape index (κ3) is 11.9. The molecule has 2 atom stereocenters. The van der Waals surface area contributed by atoms with Crippen LogP contribution in [-0.2, 0) is 0 Å². The van der Waals surface area contributed by atoms with Gasteiger partial charge < -0.3 is 0 Å². The standard InChI is InChI=1S/C25H48/c1-5-23(2)24-19-15-11-7-6-9-13-17-21-25(3,4)22-18-14-10-8-12-16-20-24/h6-7,23-24H,5,8-22H2,1-4H3. The molecule has 1 aliphatic rings. The summed E-state index contributed by atoms with van der Waals surface area (Å²) in [5.41, 5.74) is 0.566. The predicted octanol–water partition coefficient (Wildman–Crippen LogP) is 9.10. The lowest BCUT2D eigenvalue weighted by molar-refractivity contribution is 0.282. The van der Waals surface area contributed by atoms with Gasteiger partial charge in [0.15, 0.2) is 0 Å². The Labute approximate surface area is 160 Å². The van der Waals surface area contributed by atoms with Crippen molar-refractivity contribution in [3.05, 3.63) is 12.2 Å². The Kier molecular flexibility index (Phi) is 12.6. The van der Waals surface area contributed by atoms with Crippen molar-refractivity contribution in [3.63, 3.8) is 0 Å². The highest BCUT2D eigenvalue weighted by molar-refractivity contribution is 4.82. The van der Waals surface area contributed by atoms with Crippen LogP contribution in [0.15, 0.2) is 12.2 Å². The van der Waals surface area contributed by atoms with Gasteiger partial charge in [0.25, 0.3) is 0 Å². The fraction of sp³-hybridized carbons (Fsp3) is 0.920. The zero-order chi connectivity index (χ0) is 18.4. The van der Waals surface area contributed by atoms with Gasteiger partial charge >= 0.3 is 0 Å². The molecule has 0 aromatic heterocycles. The molecule has 148 valence electrons. The van der Waals surface area contributed by atoms with Crippen molar-refractivity contribution in [2.75, 3.05) is 0 Å². The van der Waals surface area contributed by atoms with E-state index in [9.17, 15) is 0 Å². The molecule has 0 amide bonds. The first-order valence-electron chi connectivity index (χ1n) is 11.7. The zero-order valence-electron chi connectivity index (χ0n) is 18.1. The number of rotatable bonds is 2. The van der Waals surface area contributed by atoms with Crippen LogP contribution in [0.2, 0.25) is 0 Å². The maximum atomic E-state index is 2.49. The molecule has 1 aliphatic carbocycles. The maximum absolute atomic E-state index is 2.49. The molecule has 0 aromatic rings. The number of hydrogen-bond donors (Lipinski definition) is 0. The minimum atomic E-state index is 0.566. The van der Waals surface area contributed by atoms with E-state index in [0.29, 0.717) is 5.41 Å². The van der Waals surface area contributed by atoms with E-state index in [-0.39, 0.29) is 0 Å². The second-order valence-corrected chi connectivity index (χ2v) is 9.62. The van der Waals surface area contributed by atoms with Crippen molar-refractivity contribution in [3.8, 4) is 0 Å². The first-order valence-corrected chi connectivity index (χ1v) is 11.7. The fourth-order valence-corrected chi connectivity index (χ4v) is 4.49. The van der Waals surface area contributed by atoms with Gasteiger partial charge in [-0.15, -0.1) is 0 Å². The van der Waals surface area contributed by atoms with E-state index in [1.165, 1.54) is 103 Å². The largest absolute Gasteiger partial charge is 0.0885 e. The Morgan fingerprint density at radius 3 is 1.96 bits per heavy atom. The second kappa shape index (κ2) is 13.9. The summed E-state index contributed by atoms with van der Waals surface area (Å²) >= 11 is 0. The van der Waals surface area contributed by atoms with Gasteiger partial charge in [-0.05, 0) is 62.2 Å². The van der Waals surface area contributed by atoms with Gasteiger partial charge in [0, 0.05) is 0 Å². The highest BCUT2D eigenvalue weighted by Gasteiger charge is 2.17. The molecule has 0 heterocycles. The smallest absolute Gasteiger partial charge is 0.0351 e. The summed E-state index contributed by atoms with van der Waals surface area (Å²) < 4.78 is 0. The molecular weight excluding hydrogens is 300 g/mol. The number of hydrogen-bond acceptors (Lipinski definition) is 0. The first-order chi connectivity index (χ1) is 12.0. The molecule has 0 aliphatic heterocycles. The number of allylic oxidation sites excluding steroid dienone is 2. The van der Waals surface area contributed by atoms with Gasteiger partial charge in [0.05, 0.1) is 0 Å². The molecule has 0 saturated carbocycles. The Balaban J connectivity index is 2.42. The summed E-state index contributed by atoms with van der Waals surface area (Å²) in [5.74, 6) is 1.89. The summed E-state index contributed by atoms with van der Waals surface area (Å²) in [4.78, 5) is 0. The molecule has 0 radical (unpaired) electrons. The van der Waals surface area contributed by atoms with E-state index in [2.05, 4.69) is 39.8 Å². The lowest BCUT2D eigenvalue weighted by Gasteiger charge is -2.24. The van der Waals surface area contributed by atoms with Crippen molar-refractivity contribution < 1.29 is 0 Å². The second-order valence-electron chi connectivity index (χ2n) is 9.62. The van der Waals surface area contributed by atoms with Crippen LogP contribution in [0.4, 0.5) is 0 Å². The zero-order valence-corrected chi connectivity index (χ0v) is 18.1. The molecule has 1 rings (SSSR count). The summed E-state index contributed by atoms with van der Waals surface area (Å²) in [6, 6.07) is 0. The molecule has 0 nitrogen and oxygen atoms in total. The lowest BCUT2D eigenvalue weighted by atomic mass is 9.82. The molecule has 0 spiro atoms. The van der Waals surface area contributed by atoms with Crippen LogP contribution in [0.3, 0.4) is 0 Å². The normalized spacial score (nSPS) is 27.0. The SMILES string of the molecule is CCC(C)C1CCCC=CCCCCC(C)(C)CCCCCCCC1. The molecule has 0 saturated heterocycles. The third-order valence-corrected chi connectivity index (χ3v) is 6.71. The maximum Gasteiger partial charge on any atom is -0.0351 e. The molecular formula is C25H48. The minimum absolute atomic E-state index is 0.566. The molecule has 25 heavy (non-hydrogen) atoms.